The number of ether oxygens (including phenoxy) is 1. The van der Waals surface area contributed by atoms with Gasteiger partial charge in [0.1, 0.15) is 12.4 Å². The summed E-state index contributed by atoms with van der Waals surface area (Å²) in [6.45, 7) is 2.39. The predicted molar refractivity (Wildman–Crippen MR) is 83.6 cm³/mol. The third-order valence-electron chi connectivity index (χ3n) is 3.48. The fourth-order valence-corrected chi connectivity index (χ4v) is 2.33. The lowest BCUT2D eigenvalue weighted by molar-refractivity contribution is 0.0914. The summed E-state index contributed by atoms with van der Waals surface area (Å²) < 4.78 is 7.50. The van der Waals surface area contributed by atoms with Gasteiger partial charge in [-0.15, -0.1) is 0 Å². The lowest BCUT2D eigenvalue weighted by atomic mass is 10.2. The van der Waals surface area contributed by atoms with Crippen LogP contribution in [0.4, 0.5) is 0 Å². The van der Waals surface area contributed by atoms with Gasteiger partial charge in [0.25, 0.3) is 0 Å². The Hall–Kier alpha value is -2.55. The summed E-state index contributed by atoms with van der Waals surface area (Å²) >= 11 is 0. The number of hydrogen-bond acceptors (Lipinski definition) is 2. The van der Waals surface area contributed by atoms with Crippen molar-refractivity contribution in [3.05, 3.63) is 66.4 Å². The van der Waals surface area contributed by atoms with E-state index in [1.807, 2.05) is 67.7 Å². The van der Waals surface area contributed by atoms with Crippen LogP contribution >= 0.6 is 0 Å². The second kappa shape index (κ2) is 5.83. The van der Waals surface area contributed by atoms with E-state index in [2.05, 4.69) is 0 Å². The molecule has 0 fully saturated rings. The summed E-state index contributed by atoms with van der Waals surface area (Å²) in [5.41, 5.74) is 2.02. The molecule has 0 spiro atoms. The summed E-state index contributed by atoms with van der Waals surface area (Å²) in [5.74, 6) is 0.861. The zero-order valence-corrected chi connectivity index (χ0v) is 12.0. The molecule has 3 nitrogen and oxygen atoms in total. The van der Waals surface area contributed by atoms with Crippen LogP contribution in [-0.2, 0) is 6.61 Å². The number of aromatic nitrogens is 1. The van der Waals surface area contributed by atoms with Crippen LogP contribution in [0.15, 0.2) is 60.8 Å². The van der Waals surface area contributed by atoms with Crippen LogP contribution in [0.2, 0.25) is 0 Å². The first-order valence-electron chi connectivity index (χ1n) is 7.09. The third kappa shape index (κ3) is 2.82. The van der Waals surface area contributed by atoms with Gasteiger partial charge in [-0.25, -0.2) is 0 Å². The zero-order valence-electron chi connectivity index (χ0n) is 12.0. The summed E-state index contributed by atoms with van der Waals surface area (Å²) in [6, 6.07) is 17.8. The number of carbonyl (C=O) groups excluding carboxylic acids is 1. The Bertz CT molecular complexity index is 759. The highest BCUT2D eigenvalue weighted by Gasteiger charge is 2.08. The predicted octanol–water partition coefficient (Wildman–Crippen LogP) is 4.27. The number of rotatable bonds is 4. The van der Waals surface area contributed by atoms with Crippen LogP contribution in [-0.4, -0.2) is 10.5 Å². The molecule has 3 heteroatoms. The van der Waals surface area contributed by atoms with E-state index < -0.39 is 0 Å². The molecule has 0 aliphatic heterocycles. The molecule has 0 amide bonds. The Kier molecular flexibility index (Phi) is 3.73. The van der Waals surface area contributed by atoms with Gasteiger partial charge in [-0.05, 0) is 23.8 Å². The molecule has 3 rings (SSSR count). The van der Waals surface area contributed by atoms with E-state index in [4.69, 9.17) is 4.74 Å². The first kappa shape index (κ1) is 13.4. The monoisotopic (exact) mass is 279 g/mol. The van der Waals surface area contributed by atoms with E-state index in [0.29, 0.717) is 13.0 Å². The molecule has 21 heavy (non-hydrogen) atoms. The first-order chi connectivity index (χ1) is 10.3. The van der Waals surface area contributed by atoms with Crippen LogP contribution in [0.3, 0.4) is 0 Å². The quantitative estimate of drug-likeness (QED) is 0.714. The van der Waals surface area contributed by atoms with Crippen molar-refractivity contribution in [1.82, 2.24) is 4.57 Å². The van der Waals surface area contributed by atoms with Gasteiger partial charge in [-0.3, -0.25) is 9.36 Å². The van der Waals surface area contributed by atoms with Gasteiger partial charge in [0, 0.05) is 24.1 Å². The van der Waals surface area contributed by atoms with E-state index in [0.717, 1.165) is 22.2 Å². The maximum absolute atomic E-state index is 11.9. The van der Waals surface area contributed by atoms with E-state index in [-0.39, 0.29) is 5.91 Å². The topological polar surface area (TPSA) is 31.2 Å². The van der Waals surface area contributed by atoms with Crippen molar-refractivity contribution in [3.63, 3.8) is 0 Å². The molecule has 2 aromatic carbocycles. The lowest BCUT2D eigenvalue weighted by Gasteiger charge is -2.08. The maximum Gasteiger partial charge on any atom is 0.230 e. The van der Waals surface area contributed by atoms with Crippen LogP contribution in [0, 0.1) is 0 Å². The minimum absolute atomic E-state index is 0.0882. The van der Waals surface area contributed by atoms with Crippen LogP contribution in [0.5, 0.6) is 5.75 Å². The molecule has 0 bridgehead atoms. The van der Waals surface area contributed by atoms with Crippen molar-refractivity contribution >= 4 is 16.8 Å². The number of carbonyl (C=O) groups is 1. The lowest BCUT2D eigenvalue weighted by Crippen LogP contribution is -2.06. The molecule has 3 aromatic rings. The van der Waals surface area contributed by atoms with E-state index in [1.165, 1.54) is 0 Å². The first-order valence-corrected chi connectivity index (χ1v) is 7.09. The van der Waals surface area contributed by atoms with Crippen LogP contribution in [0.1, 0.15) is 23.7 Å². The summed E-state index contributed by atoms with van der Waals surface area (Å²) in [5, 5.41) is 1.05. The van der Waals surface area contributed by atoms with E-state index >= 15 is 0 Å². The highest BCUT2D eigenvalue weighted by Crippen LogP contribution is 2.23. The van der Waals surface area contributed by atoms with Gasteiger partial charge in [-0.1, -0.05) is 37.3 Å². The number of benzene rings is 2. The van der Waals surface area contributed by atoms with Gasteiger partial charge in [0.15, 0.2) is 0 Å². The minimum Gasteiger partial charge on any atom is -0.489 e. The minimum atomic E-state index is 0.0882. The number of nitrogens with zero attached hydrogens (tertiary/aromatic N) is 1. The summed E-state index contributed by atoms with van der Waals surface area (Å²) in [4.78, 5) is 11.9. The molecule has 0 atom stereocenters. The smallest absolute Gasteiger partial charge is 0.230 e. The largest absolute Gasteiger partial charge is 0.489 e. The molecule has 106 valence electrons. The third-order valence-corrected chi connectivity index (χ3v) is 3.48. The van der Waals surface area contributed by atoms with E-state index in [9.17, 15) is 4.79 Å². The molecule has 0 saturated heterocycles. The van der Waals surface area contributed by atoms with Crippen molar-refractivity contribution < 1.29 is 9.53 Å². The molecule has 1 aromatic heterocycles. The number of fused-ring (bicyclic) bond motifs is 1. The molecular formula is C18H17NO2. The normalized spacial score (nSPS) is 10.7. The van der Waals surface area contributed by atoms with Crippen molar-refractivity contribution in [2.24, 2.45) is 0 Å². The summed E-state index contributed by atoms with van der Waals surface area (Å²) in [6.07, 6.45) is 2.30. The maximum atomic E-state index is 11.9. The van der Waals surface area contributed by atoms with Gasteiger partial charge in [-0.2, -0.15) is 0 Å². The molecule has 0 aliphatic carbocycles. The average molecular weight is 279 g/mol. The SMILES string of the molecule is CCC(=O)n1ccc2ccc(OCc3ccccc3)cc21. The molecule has 0 N–H and O–H groups in total. The fraction of sp³-hybridized carbons (Fsp3) is 0.167. The van der Waals surface area contributed by atoms with Crippen molar-refractivity contribution in [2.45, 2.75) is 20.0 Å². The van der Waals surface area contributed by atoms with Crippen LogP contribution in [0.25, 0.3) is 10.9 Å². The average Bonchev–Trinajstić information content (AvgIpc) is 2.96. The highest BCUT2D eigenvalue weighted by atomic mass is 16.5. The molecule has 0 aliphatic rings. The van der Waals surface area contributed by atoms with Gasteiger partial charge < -0.3 is 4.74 Å². The molecule has 0 saturated carbocycles. The Morgan fingerprint density at radius 3 is 2.67 bits per heavy atom. The Morgan fingerprint density at radius 2 is 1.90 bits per heavy atom. The van der Waals surface area contributed by atoms with Crippen molar-refractivity contribution in [2.75, 3.05) is 0 Å². The Balaban J connectivity index is 1.84. The van der Waals surface area contributed by atoms with Crippen LogP contribution < -0.4 is 4.74 Å². The Labute approximate surface area is 123 Å². The van der Waals surface area contributed by atoms with Gasteiger partial charge >= 0.3 is 0 Å². The molecule has 0 unspecified atom stereocenters. The van der Waals surface area contributed by atoms with Crippen molar-refractivity contribution in [1.29, 1.82) is 0 Å². The molecule has 1 heterocycles. The van der Waals surface area contributed by atoms with E-state index in [1.54, 1.807) is 4.57 Å². The van der Waals surface area contributed by atoms with Gasteiger partial charge in [0.2, 0.25) is 5.91 Å². The summed E-state index contributed by atoms with van der Waals surface area (Å²) in [7, 11) is 0. The standard InChI is InChI=1S/C18H17NO2/c1-2-18(20)19-11-10-15-8-9-16(12-17(15)19)21-13-14-6-4-3-5-7-14/h3-12H,2,13H2,1H3. The number of hydrogen-bond donors (Lipinski definition) is 0. The molecule has 0 radical (unpaired) electrons. The highest BCUT2D eigenvalue weighted by molar-refractivity contribution is 5.93. The molecular weight excluding hydrogens is 262 g/mol. The second-order valence-corrected chi connectivity index (χ2v) is 4.93. The van der Waals surface area contributed by atoms with Gasteiger partial charge in [0.05, 0.1) is 5.52 Å². The Morgan fingerprint density at radius 1 is 1.10 bits per heavy atom. The zero-order chi connectivity index (χ0) is 14.7. The fourth-order valence-electron chi connectivity index (χ4n) is 2.33. The van der Waals surface area contributed by atoms with Crippen molar-refractivity contribution in [3.8, 4) is 5.75 Å². The second-order valence-electron chi connectivity index (χ2n) is 4.93.